The molecule has 0 spiro atoms. The summed E-state index contributed by atoms with van der Waals surface area (Å²) in [5.41, 5.74) is 0. The highest BCUT2D eigenvalue weighted by Gasteiger charge is 2.31. The molecule has 1 N–H and O–H groups in total. The lowest BCUT2D eigenvalue weighted by Crippen LogP contribution is -2.48. The van der Waals surface area contributed by atoms with E-state index in [1.165, 1.54) is 14.0 Å². The summed E-state index contributed by atoms with van der Waals surface area (Å²) in [5.74, 6) is -0.952. The van der Waals surface area contributed by atoms with Crippen molar-refractivity contribution >= 4 is 21.9 Å². The third-order valence-electron chi connectivity index (χ3n) is 5.59. The number of carbonyl (C=O) groups excluding carboxylic acids is 2. The standard InChI is InChI=1S/C20H29FN2O5S/c1-13-6-5-7-18(14(13)2)22-20(25)15(3)28-19(24)12-23(4)29(26,27)17-10-8-16(21)9-11-17/h8-11,13-15,18H,5-7,12H2,1-4H3,(H,22,25)/t13-,14-,15-,18+/m1/s1. The van der Waals surface area contributed by atoms with E-state index in [4.69, 9.17) is 4.74 Å². The molecular weight excluding hydrogens is 399 g/mol. The molecule has 1 aromatic rings. The molecule has 1 saturated carbocycles. The number of amides is 1. The maximum Gasteiger partial charge on any atom is 0.322 e. The minimum atomic E-state index is -3.98. The van der Waals surface area contributed by atoms with E-state index >= 15 is 0 Å². The zero-order valence-corrected chi connectivity index (χ0v) is 18.0. The number of benzene rings is 1. The van der Waals surface area contributed by atoms with Crippen LogP contribution < -0.4 is 5.32 Å². The number of hydrogen-bond acceptors (Lipinski definition) is 5. The molecule has 1 fully saturated rings. The second kappa shape index (κ2) is 9.67. The first-order valence-corrected chi connectivity index (χ1v) is 11.2. The van der Waals surface area contributed by atoms with Crippen LogP contribution in [-0.4, -0.2) is 50.3 Å². The van der Waals surface area contributed by atoms with Crippen LogP contribution in [0.15, 0.2) is 29.2 Å². The number of ether oxygens (including phenoxy) is 1. The van der Waals surface area contributed by atoms with Crippen molar-refractivity contribution < 1.29 is 27.1 Å². The van der Waals surface area contributed by atoms with Crippen LogP contribution in [0.4, 0.5) is 4.39 Å². The Hall–Kier alpha value is -2.00. The van der Waals surface area contributed by atoms with Crippen molar-refractivity contribution in [2.45, 2.75) is 57.1 Å². The SMILES string of the molecule is C[C@@H]1[C@H](C)CCC[C@@H]1NC(=O)[C@@H](C)OC(=O)CN(C)S(=O)(=O)c1ccc(F)cc1. The second-order valence-corrected chi connectivity index (χ2v) is 9.77. The number of carbonyl (C=O) groups is 2. The van der Waals surface area contributed by atoms with E-state index in [1.807, 2.05) is 0 Å². The molecule has 1 aromatic carbocycles. The highest BCUT2D eigenvalue weighted by Crippen LogP contribution is 2.29. The lowest BCUT2D eigenvalue weighted by molar-refractivity contribution is -0.155. The zero-order chi connectivity index (χ0) is 21.8. The van der Waals surface area contributed by atoms with Crippen molar-refractivity contribution in [3.05, 3.63) is 30.1 Å². The van der Waals surface area contributed by atoms with Gasteiger partial charge in [0.05, 0.1) is 4.90 Å². The van der Waals surface area contributed by atoms with Crippen molar-refractivity contribution in [1.82, 2.24) is 9.62 Å². The molecule has 1 aliphatic carbocycles. The monoisotopic (exact) mass is 428 g/mol. The van der Waals surface area contributed by atoms with Crippen molar-refractivity contribution in [1.29, 1.82) is 0 Å². The predicted octanol–water partition coefficient (Wildman–Crippen LogP) is 2.32. The highest BCUT2D eigenvalue weighted by atomic mass is 32.2. The summed E-state index contributed by atoms with van der Waals surface area (Å²) in [6, 6.07) is 4.33. The molecule has 0 unspecified atom stereocenters. The van der Waals surface area contributed by atoms with E-state index in [-0.39, 0.29) is 10.9 Å². The Balaban J connectivity index is 1.90. The lowest BCUT2D eigenvalue weighted by Gasteiger charge is -2.35. The van der Waals surface area contributed by atoms with Crippen LogP contribution in [0, 0.1) is 17.7 Å². The predicted molar refractivity (Wildman–Crippen MR) is 106 cm³/mol. The molecule has 0 saturated heterocycles. The van der Waals surface area contributed by atoms with Gasteiger partial charge in [0.15, 0.2) is 6.10 Å². The van der Waals surface area contributed by atoms with Crippen molar-refractivity contribution in [3.8, 4) is 0 Å². The maximum atomic E-state index is 13.0. The quantitative estimate of drug-likeness (QED) is 0.673. The Kier molecular flexibility index (Phi) is 7.76. The summed E-state index contributed by atoms with van der Waals surface area (Å²) in [6.45, 7) is 5.15. The van der Waals surface area contributed by atoms with E-state index in [2.05, 4.69) is 19.2 Å². The van der Waals surface area contributed by atoms with E-state index in [9.17, 15) is 22.4 Å². The molecule has 0 radical (unpaired) electrons. The summed E-state index contributed by atoms with van der Waals surface area (Å²) >= 11 is 0. The van der Waals surface area contributed by atoms with Crippen molar-refractivity contribution in [3.63, 3.8) is 0 Å². The molecule has 0 bridgehead atoms. The Morgan fingerprint density at radius 1 is 1.24 bits per heavy atom. The topological polar surface area (TPSA) is 92.8 Å². The summed E-state index contributed by atoms with van der Waals surface area (Å²) in [7, 11) is -2.76. The van der Waals surface area contributed by atoms with Crippen LogP contribution in [0.3, 0.4) is 0 Å². The van der Waals surface area contributed by atoms with Crippen LogP contribution in [0.2, 0.25) is 0 Å². The highest BCUT2D eigenvalue weighted by molar-refractivity contribution is 7.89. The number of esters is 1. The number of sulfonamides is 1. The molecule has 9 heteroatoms. The normalized spacial score (nSPS) is 23.4. The summed E-state index contributed by atoms with van der Waals surface area (Å²) < 4.78 is 43.8. The van der Waals surface area contributed by atoms with Gasteiger partial charge in [0.1, 0.15) is 12.4 Å². The largest absolute Gasteiger partial charge is 0.452 e. The fourth-order valence-corrected chi connectivity index (χ4v) is 4.54. The molecule has 0 heterocycles. The number of nitrogens with one attached hydrogen (secondary N) is 1. The maximum absolute atomic E-state index is 13.0. The van der Waals surface area contributed by atoms with Gasteiger partial charge >= 0.3 is 5.97 Å². The van der Waals surface area contributed by atoms with Gasteiger partial charge in [-0.25, -0.2) is 12.8 Å². The minimum absolute atomic E-state index is 0.0360. The first-order chi connectivity index (χ1) is 13.5. The van der Waals surface area contributed by atoms with Gasteiger partial charge in [-0.3, -0.25) is 9.59 Å². The fourth-order valence-electron chi connectivity index (χ4n) is 3.43. The Morgan fingerprint density at radius 2 is 1.86 bits per heavy atom. The smallest absolute Gasteiger partial charge is 0.322 e. The van der Waals surface area contributed by atoms with Crippen molar-refractivity contribution in [2.24, 2.45) is 11.8 Å². The third kappa shape index (κ3) is 5.99. The van der Waals surface area contributed by atoms with E-state index in [0.29, 0.717) is 11.8 Å². The molecule has 29 heavy (non-hydrogen) atoms. The summed E-state index contributed by atoms with van der Waals surface area (Å²) in [6.07, 6.45) is 2.02. The number of hydrogen-bond donors (Lipinski definition) is 1. The van der Waals surface area contributed by atoms with Gasteiger partial charge in [-0.05, 0) is 49.4 Å². The summed E-state index contributed by atoms with van der Waals surface area (Å²) in [4.78, 5) is 24.4. The number of rotatable bonds is 7. The summed E-state index contributed by atoms with van der Waals surface area (Å²) in [5, 5.41) is 2.94. The lowest BCUT2D eigenvalue weighted by atomic mass is 9.78. The molecule has 1 amide bonds. The first kappa shape index (κ1) is 23.3. The van der Waals surface area contributed by atoms with Gasteiger partial charge in [0, 0.05) is 13.1 Å². The van der Waals surface area contributed by atoms with Crippen LogP contribution in [0.1, 0.15) is 40.0 Å². The fraction of sp³-hybridized carbons (Fsp3) is 0.600. The Labute approximate surface area is 171 Å². The van der Waals surface area contributed by atoms with Gasteiger partial charge in [-0.2, -0.15) is 4.31 Å². The molecular formula is C20H29FN2O5S. The number of nitrogens with zero attached hydrogens (tertiary/aromatic N) is 1. The molecule has 4 atom stereocenters. The van der Waals surface area contributed by atoms with Gasteiger partial charge in [0.25, 0.3) is 5.91 Å². The molecule has 0 aliphatic heterocycles. The van der Waals surface area contributed by atoms with Gasteiger partial charge in [-0.15, -0.1) is 0 Å². The van der Waals surface area contributed by atoms with Crippen molar-refractivity contribution in [2.75, 3.05) is 13.6 Å². The van der Waals surface area contributed by atoms with E-state index in [0.717, 1.165) is 47.8 Å². The molecule has 0 aromatic heterocycles. The molecule has 162 valence electrons. The van der Waals surface area contributed by atoms with E-state index < -0.39 is 40.4 Å². The first-order valence-electron chi connectivity index (χ1n) is 9.74. The molecule has 1 aliphatic rings. The number of likely N-dealkylation sites (N-methyl/N-ethyl adjacent to an activating group) is 1. The third-order valence-corrected chi connectivity index (χ3v) is 7.40. The molecule has 2 rings (SSSR count). The zero-order valence-electron chi connectivity index (χ0n) is 17.2. The van der Waals surface area contributed by atoms with E-state index in [1.54, 1.807) is 0 Å². The van der Waals surface area contributed by atoms with Crippen LogP contribution in [0.5, 0.6) is 0 Å². The van der Waals surface area contributed by atoms with Crippen LogP contribution in [-0.2, 0) is 24.3 Å². The van der Waals surface area contributed by atoms with Crippen LogP contribution in [0.25, 0.3) is 0 Å². The second-order valence-electron chi connectivity index (χ2n) is 7.73. The number of halogens is 1. The van der Waals surface area contributed by atoms with Gasteiger partial charge in [0.2, 0.25) is 10.0 Å². The average Bonchev–Trinajstić information content (AvgIpc) is 2.65. The Bertz CT molecular complexity index is 828. The van der Waals surface area contributed by atoms with Crippen LogP contribution >= 0.6 is 0 Å². The van der Waals surface area contributed by atoms with Gasteiger partial charge < -0.3 is 10.1 Å². The average molecular weight is 429 g/mol. The minimum Gasteiger partial charge on any atom is -0.452 e. The van der Waals surface area contributed by atoms with Gasteiger partial charge in [-0.1, -0.05) is 26.7 Å². The Morgan fingerprint density at radius 3 is 2.48 bits per heavy atom. The molecule has 7 nitrogen and oxygen atoms in total.